The maximum atomic E-state index is 5.99. The molecular weight excluding hydrogens is 382 g/mol. The van der Waals surface area contributed by atoms with Crippen LogP contribution in [0.4, 0.5) is 0 Å². The number of nitrogens with zero attached hydrogens (tertiary/aromatic N) is 2. The van der Waals surface area contributed by atoms with E-state index in [9.17, 15) is 0 Å². The molecule has 1 aromatic carbocycles. The molecule has 0 aliphatic carbocycles. The highest BCUT2D eigenvalue weighted by Gasteiger charge is 2.32. The molecule has 7 nitrogen and oxygen atoms in total. The van der Waals surface area contributed by atoms with Crippen LogP contribution in [0.1, 0.15) is 37.8 Å². The van der Waals surface area contributed by atoms with Crippen molar-refractivity contribution in [3.63, 3.8) is 0 Å². The fraction of sp³-hybridized carbons (Fsp3) is 0.696. The van der Waals surface area contributed by atoms with Gasteiger partial charge >= 0.3 is 0 Å². The molecule has 0 amide bonds. The lowest BCUT2D eigenvalue weighted by Gasteiger charge is -2.37. The first-order valence-electron chi connectivity index (χ1n) is 11.3. The SMILES string of the molecule is CCNC(=NCc1cccc(COCCOCC)c1)N1CCOC(C2CCCO2)C1. The third-order valence-electron chi connectivity index (χ3n) is 5.36. The number of ether oxygens (including phenoxy) is 4. The van der Waals surface area contributed by atoms with Crippen molar-refractivity contribution >= 4 is 5.96 Å². The molecule has 0 aromatic heterocycles. The Morgan fingerprint density at radius 1 is 1.13 bits per heavy atom. The van der Waals surface area contributed by atoms with Gasteiger partial charge in [0.05, 0.1) is 39.1 Å². The second-order valence-corrected chi connectivity index (χ2v) is 7.65. The first-order chi connectivity index (χ1) is 14.8. The zero-order valence-corrected chi connectivity index (χ0v) is 18.5. The maximum absolute atomic E-state index is 5.99. The van der Waals surface area contributed by atoms with E-state index in [-0.39, 0.29) is 12.2 Å². The number of morpholine rings is 1. The molecule has 0 bridgehead atoms. The monoisotopic (exact) mass is 419 g/mol. The van der Waals surface area contributed by atoms with Crippen molar-refractivity contribution in [1.29, 1.82) is 0 Å². The molecule has 1 N–H and O–H groups in total. The summed E-state index contributed by atoms with van der Waals surface area (Å²) in [7, 11) is 0. The van der Waals surface area contributed by atoms with Crippen molar-refractivity contribution in [1.82, 2.24) is 10.2 Å². The highest BCUT2D eigenvalue weighted by atomic mass is 16.5. The Bertz CT molecular complexity index is 649. The Kier molecular flexibility index (Phi) is 9.89. The zero-order valence-electron chi connectivity index (χ0n) is 18.5. The average Bonchev–Trinajstić information content (AvgIpc) is 3.32. The minimum Gasteiger partial charge on any atom is -0.379 e. The summed E-state index contributed by atoms with van der Waals surface area (Å²) in [5.41, 5.74) is 2.34. The Morgan fingerprint density at radius 3 is 2.77 bits per heavy atom. The Balaban J connectivity index is 1.55. The van der Waals surface area contributed by atoms with Crippen molar-refractivity contribution in [2.24, 2.45) is 4.99 Å². The standard InChI is InChI=1S/C23H37N3O4/c1-3-24-23(26-10-12-30-22(17-26)21-9-6-11-29-21)25-16-19-7-5-8-20(15-19)18-28-14-13-27-4-2/h5,7-8,15,21-22H,3-4,6,9-14,16-18H2,1-2H3,(H,24,25). The number of aliphatic imine (C=N–C) groups is 1. The quantitative estimate of drug-likeness (QED) is 0.357. The summed E-state index contributed by atoms with van der Waals surface area (Å²) < 4.78 is 22.8. The third kappa shape index (κ3) is 7.23. The van der Waals surface area contributed by atoms with Gasteiger partial charge in [-0.15, -0.1) is 0 Å². The van der Waals surface area contributed by atoms with Crippen LogP contribution in [0.2, 0.25) is 0 Å². The first kappa shape index (κ1) is 23.0. The van der Waals surface area contributed by atoms with E-state index in [2.05, 4.69) is 41.4 Å². The van der Waals surface area contributed by atoms with Gasteiger partial charge in [0.15, 0.2) is 5.96 Å². The molecule has 0 radical (unpaired) electrons. The Morgan fingerprint density at radius 2 is 1.97 bits per heavy atom. The smallest absolute Gasteiger partial charge is 0.194 e. The summed E-state index contributed by atoms with van der Waals surface area (Å²) in [5, 5.41) is 3.44. The summed E-state index contributed by atoms with van der Waals surface area (Å²) in [6, 6.07) is 8.45. The van der Waals surface area contributed by atoms with Crippen molar-refractivity contribution in [3.05, 3.63) is 35.4 Å². The van der Waals surface area contributed by atoms with Crippen LogP contribution in [-0.4, -0.2) is 75.7 Å². The van der Waals surface area contributed by atoms with Gasteiger partial charge in [-0.1, -0.05) is 24.3 Å². The summed E-state index contributed by atoms with van der Waals surface area (Å²) in [6.45, 7) is 11.4. The molecule has 0 spiro atoms. The molecular formula is C23H37N3O4. The van der Waals surface area contributed by atoms with Crippen molar-refractivity contribution in [2.45, 2.75) is 52.0 Å². The molecule has 0 saturated carbocycles. The van der Waals surface area contributed by atoms with Crippen molar-refractivity contribution in [3.8, 4) is 0 Å². The number of hydrogen-bond donors (Lipinski definition) is 1. The van der Waals surface area contributed by atoms with Crippen molar-refractivity contribution in [2.75, 3.05) is 52.7 Å². The summed E-state index contributed by atoms with van der Waals surface area (Å²) in [5.74, 6) is 0.946. The molecule has 7 heteroatoms. The van der Waals surface area contributed by atoms with E-state index in [0.29, 0.717) is 33.0 Å². The predicted octanol–water partition coefficient (Wildman–Crippen LogP) is 2.59. The number of hydrogen-bond acceptors (Lipinski definition) is 5. The van der Waals surface area contributed by atoms with Crippen LogP contribution in [-0.2, 0) is 32.1 Å². The van der Waals surface area contributed by atoms with Crippen LogP contribution < -0.4 is 5.32 Å². The van der Waals surface area contributed by atoms with Gasteiger partial charge in [-0.05, 0) is 37.8 Å². The van der Waals surface area contributed by atoms with Gasteiger partial charge in [-0.25, -0.2) is 4.99 Å². The lowest BCUT2D eigenvalue weighted by molar-refractivity contribution is -0.0817. The minimum absolute atomic E-state index is 0.127. The largest absolute Gasteiger partial charge is 0.379 e. The molecule has 2 unspecified atom stereocenters. The number of benzene rings is 1. The second-order valence-electron chi connectivity index (χ2n) is 7.65. The number of nitrogens with one attached hydrogen (secondary N) is 1. The Hall–Kier alpha value is -1.67. The van der Waals surface area contributed by atoms with E-state index in [4.69, 9.17) is 23.9 Å². The van der Waals surface area contributed by atoms with Crippen LogP contribution in [0.3, 0.4) is 0 Å². The van der Waals surface area contributed by atoms with E-state index in [0.717, 1.165) is 57.2 Å². The second kappa shape index (κ2) is 12.9. The fourth-order valence-electron chi connectivity index (χ4n) is 3.85. The molecule has 2 saturated heterocycles. The highest BCUT2D eigenvalue weighted by molar-refractivity contribution is 5.80. The normalized spacial score (nSPS) is 22.5. The lowest BCUT2D eigenvalue weighted by atomic mass is 10.1. The number of rotatable bonds is 10. The van der Waals surface area contributed by atoms with Gasteiger partial charge in [0.25, 0.3) is 0 Å². The van der Waals surface area contributed by atoms with Gasteiger partial charge in [-0.3, -0.25) is 0 Å². The minimum atomic E-state index is 0.127. The number of guanidine groups is 1. The molecule has 2 fully saturated rings. The molecule has 30 heavy (non-hydrogen) atoms. The zero-order chi connectivity index (χ0) is 21.0. The van der Waals surface area contributed by atoms with Gasteiger partial charge in [0, 0.05) is 32.8 Å². The van der Waals surface area contributed by atoms with E-state index >= 15 is 0 Å². The summed E-state index contributed by atoms with van der Waals surface area (Å²) in [4.78, 5) is 7.21. The van der Waals surface area contributed by atoms with Gasteiger partial charge < -0.3 is 29.2 Å². The van der Waals surface area contributed by atoms with E-state index in [1.165, 1.54) is 5.56 Å². The third-order valence-corrected chi connectivity index (χ3v) is 5.36. The summed E-state index contributed by atoms with van der Waals surface area (Å²) >= 11 is 0. The van der Waals surface area contributed by atoms with Crippen LogP contribution in [0.15, 0.2) is 29.3 Å². The summed E-state index contributed by atoms with van der Waals surface area (Å²) in [6.07, 6.45) is 2.56. The van der Waals surface area contributed by atoms with E-state index in [1.807, 2.05) is 6.92 Å². The molecule has 2 aliphatic rings. The average molecular weight is 420 g/mol. The molecule has 2 heterocycles. The van der Waals surface area contributed by atoms with Crippen LogP contribution >= 0.6 is 0 Å². The molecule has 1 aromatic rings. The molecule has 3 rings (SSSR count). The topological polar surface area (TPSA) is 64.6 Å². The molecule has 2 aliphatic heterocycles. The highest BCUT2D eigenvalue weighted by Crippen LogP contribution is 2.21. The Labute approximate surface area is 180 Å². The lowest BCUT2D eigenvalue weighted by Crippen LogP contribution is -2.53. The van der Waals surface area contributed by atoms with E-state index in [1.54, 1.807) is 0 Å². The van der Waals surface area contributed by atoms with Gasteiger partial charge in [0.2, 0.25) is 0 Å². The predicted molar refractivity (Wildman–Crippen MR) is 118 cm³/mol. The van der Waals surface area contributed by atoms with Gasteiger partial charge in [0.1, 0.15) is 6.10 Å². The van der Waals surface area contributed by atoms with Gasteiger partial charge in [-0.2, -0.15) is 0 Å². The first-order valence-corrected chi connectivity index (χ1v) is 11.3. The molecule has 168 valence electrons. The molecule has 2 atom stereocenters. The van der Waals surface area contributed by atoms with Crippen LogP contribution in [0, 0.1) is 0 Å². The maximum Gasteiger partial charge on any atom is 0.194 e. The van der Waals surface area contributed by atoms with E-state index < -0.39 is 0 Å². The van der Waals surface area contributed by atoms with Crippen LogP contribution in [0.25, 0.3) is 0 Å². The van der Waals surface area contributed by atoms with Crippen LogP contribution in [0.5, 0.6) is 0 Å². The van der Waals surface area contributed by atoms with Crippen molar-refractivity contribution < 1.29 is 18.9 Å². The fourth-order valence-corrected chi connectivity index (χ4v) is 3.85.